The molecule has 4 aliphatic rings. The molecule has 0 aromatic heterocycles. The molecule has 26 heavy (non-hydrogen) atoms. The van der Waals surface area contributed by atoms with Gasteiger partial charge in [-0.3, -0.25) is 0 Å². The second kappa shape index (κ2) is 5.82. The van der Waals surface area contributed by atoms with Gasteiger partial charge in [0.2, 0.25) is 0 Å². The van der Waals surface area contributed by atoms with Crippen molar-refractivity contribution in [1.82, 2.24) is 0 Å². The van der Waals surface area contributed by atoms with E-state index in [9.17, 15) is 5.11 Å². The number of hydrogen-bond donors (Lipinski definition) is 3. The summed E-state index contributed by atoms with van der Waals surface area (Å²) in [6.45, 7) is 6.67. The van der Waals surface area contributed by atoms with E-state index < -0.39 is 5.60 Å². The molecule has 6 atom stereocenters. The molecule has 0 unspecified atom stereocenters. The van der Waals surface area contributed by atoms with Gasteiger partial charge in [0.15, 0.2) is 0 Å². The van der Waals surface area contributed by atoms with Crippen molar-refractivity contribution < 1.29 is 5.11 Å². The van der Waals surface area contributed by atoms with Gasteiger partial charge in [-0.15, -0.1) is 0 Å². The third-order valence-corrected chi connectivity index (χ3v) is 9.09. The number of hydrogen-bond acceptors (Lipinski definition) is 5. The molecule has 4 rings (SSSR count). The Morgan fingerprint density at radius 3 is 2.50 bits per heavy atom. The van der Waals surface area contributed by atoms with Crippen LogP contribution < -0.4 is 11.7 Å². The van der Waals surface area contributed by atoms with Crippen molar-refractivity contribution in [2.24, 2.45) is 50.5 Å². The lowest BCUT2D eigenvalue weighted by Gasteiger charge is -2.59. The average Bonchev–Trinajstić information content (AvgIpc) is 2.92. The summed E-state index contributed by atoms with van der Waals surface area (Å²) in [5.41, 5.74) is 2.67. The van der Waals surface area contributed by atoms with Gasteiger partial charge >= 0.3 is 0 Å². The average molecular weight is 359 g/mol. The highest BCUT2D eigenvalue weighted by molar-refractivity contribution is 5.96. The van der Waals surface area contributed by atoms with Crippen LogP contribution in [0.4, 0.5) is 0 Å². The molecule has 5 N–H and O–H groups in total. The topological polar surface area (TPSA) is 97.0 Å². The van der Waals surface area contributed by atoms with Crippen molar-refractivity contribution in [2.45, 2.75) is 77.7 Å². The molecule has 0 aliphatic heterocycles. The normalized spacial score (nSPS) is 50.0. The van der Waals surface area contributed by atoms with Crippen molar-refractivity contribution in [2.75, 3.05) is 0 Å². The smallest absolute Gasteiger partial charge is 0.110 e. The lowest BCUT2D eigenvalue weighted by molar-refractivity contribution is -0.0945. The molecule has 0 heterocycles. The van der Waals surface area contributed by atoms with Gasteiger partial charge in [-0.2, -0.15) is 10.2 Å². The van der Waals surface area contributed by atoms with Gasteiger partial charge in [-0.1, -0.05) is 19.4 Å². The molecule has 5 heteroatoms. The Hall–Kier alpha value is -1.36. The number of hydrazone groups is 2. The van der Waals surface area contributed by atoms with Crippen LogP contribution >= 0.6 is 0 Å². The van der Waals surface area contributed by atoms with Crippen LogP contribution in [0.1, 0.15) is 72.1 Å². The number of allylic oxidation sites excluding steroid dienone is 2. The molecule has 0 radical (unpaired) electrons. The van der Waals surface area contributed by atoms with E-state index in [2.05, 4.69) is 30.1 Å². The first-order valence-electron chi connectivity index (χ1n) is 10.3. The molecule has 4 aliphatic carbocycles. The number of fused-ring (bicyclic) bond motifs is 5. The largest absolute Gasteiger partial charge is 0.383 e. The standard InChI is InChI=1S/C21H34N4O/c1-13(24-22)21(26)11-8-18-16-5-4-14-12-15(25-23)6-9-19(14,2)17(16)7-10-20(18,21)3/h12,16-18,26H,4-11,22-23H2,1-3H3/b24-13+,25-15+/t16-,17+,18-,19-,20-,21-/m0/s1. The van der Waals surface area contributed by atoms with Crippen LogP contribution in [-0.4, -0.2) is 22.1 Å². The van der Waals surface area contributed by atoms with E-state index in [4.69, 9.17) is 11.7 Å². The summed E-state index contributed by atoms with van der Waals surface area (Å²) in [5, 5.41) is 19.4. The summed E-state index contributed by atoms with van der Waals surface area (Å²) in [6, 6.07) is 0. The van der Waals surface area contributed by atoms with Crippen molar-refractivity contribution in [3.8, 4) is 0 Å². The molecule has 0 aromatic rings. The van der Waals surface area contributed by atoms with Crippen LogP contribution in [0.3, 0.4) is 0 Å². The maximum atomic E-state index is 11.5. The lowest BCUT2D eigenvalue weighted by atomic mass is 9.46. The fourth-order valence-electron chi connectivity index (χ4n) is 7.39. The summed E-state index contributed by atoms with van der Waals surface area (Å²) in [4.78, 5) is 0. The van der Waals surface area contributed by atoms with Crippen LogP contribution in [0, 0.1) is 28.6 Å². The maximum Gasteiger partial charge on any atom is 0.110 e. The molecule has 0 amide bonds. The van der Waals surface area contributed by atoms with E-state index in [-0.39, 0.29) is 10.8 Å². The van der Waals surface area contributed by atoms with E-state index in [1.54, 1.807) is 5.57 Å². The summed E-state index contributed by atoms with van der Waals surface area (Å²) in [6.07, 6.45) is 10.9. The molecular formula is C21H34N4O. The maximum absolute atomic E-state index is 11.5. The Balaban J connectivity index is 1.68. The molecule has 0 aromatic carbocycles. The van der Waals surface area contributed by atoms with Crippen molar-refractivity contribution >= 4 is 11.4 Å². The number of rotatable bonds is 1. The van der Waals surface area contributed by atoms with Gasteiger partial charge < -0.3 is 16.8 Å². The quantitative estimate of drug-likeness (QED) is 0.381. The molecule has 0 spiro atoms. The Morgan fingerprint density at radius 1 is 1.08 bits per heavy atom. The van der Waals surface area contributed by atoms with Crippen LogP contribution in [0.25, 0.3) is 0 Å². The van der Waals surface area contributed by atoms with Crippen molar-refractivity contribution in [3.63, 3.8) is 0 Å². The SMILES string of the molecule is C/C(=N\N)[C@@]1(O)CC[C@H]2[C@H]3CCC4=C/C(=N/N)CC[C@]4(C)[C@@H]3CC[C@@]21C. The minimum Gasteiger partial charge on any atom is -0.383 e. The van der Waals surface area contributed by atoms with Crippen LogP contribution in [0.15, 0.2) is 21.9 Å². The number of nitrogens with two attached hydrogens (primary N) is 2. The van der Waals surface area contributed by atoms with E-state index in [1.807, 2.05) is 6.92 Å². The van der Waals surface area contributed by atoms with Gasteiger partial charge in [0, 0.05) is 5.41 Å². The molecule has 3 saturated carbocycles. The molecule has 0 saturated heterocycles. The predicted octanol–water partition coefficient (Wildman–Crippen LogP) is 3.33. The zero-order chi connectivity index (χ0) is 18.7. The predicted molar refractivity (Wildman–Crippen MR) is 106 cm³/mol. The Morgan fingerprint density at radius 2 is 1.81 bits per heavy atom. The molecule has 0 bridgehead atoms. The van der Waals surface area contributed by atoms with Gasteiger partial charge in [-0.25, -0.2) is 0 Å². The monoisotopic (exact) mass is 358 g/mol. The summed E-state index contributed by atoms with van der Waals surface area (Å²) < 4.78 is 0. The highest BCUT2D eigenvalue weighted by atomic mass is 16.3. The number of nitrogens with zero attached hydrogens (tertiary/aromatic N) is 2. The molecular weight excluding hydrogens is 324 g/mol. The highest BCUT2D eigenvalue weighted by Crippen LogP contribution is 2.67. The highest BCUT2D eigenvalue weighted by Gasteiger charge is 2.64. The van der Waals surface area contributed by atoms with Gasteiger partial charge in [0.1, 0.15) is 5.60 Å². The van der Waals surface area contributed by atoms with Gasteiger partial charge in [0.25, 0.3) is 0 Å². The molecule has 3 fully saturated rings. The zero-order valence-electron chi connectivity index (χ0n) is 16.5. The lowest BCUT2D eigenvalue weighted by Crippen LogP contribution is -2.57. The summed E-state index contributed by atoms with van der Waals surface area (Å²) in [7, 11) is 0. The minimum absolute atomic E-state index is 0.1000. The molecule has 144 valence electrons. The third kappa shape index (κ3) is 2.12. The Labute approximate surface area is 157 Å². The van der Waals surface area contributed by atoms with Crippen LogP contribution in [-0.2, 0) is 0 Å². The van der Waals surface area contributed by atoms with Crippen molar-refractivity contribution in [3.05, 3.63) is 11.6 Å². The van der Waals surface area contributed by atoms with Gasteiger partial charge in [0.05, 0.1) is 11.4 Å². The van der Waals surface area contributed by atoms with E-state index in [0.717, 1.165) is 44.2 Å². The zero-order valence-corrected chi connectivity index (χ0v) is 16.5. The Kier molecular flexibility index (Phi) is 4.03. The Bertz CT molecular complexity index is 698. The minimum atomic E-state index is -0.833. The van der Waals surface area contributed by atoms with Crippen LogP contribution in [0.5, 0.6) is 0 Å². The fourth-order valence-corrected chi connectivity index (χ4v) is 7.39. The van der Waals surface area contributed by atoms with E-state index in [0.29, 0.717) is 23.5 Å². The summed E-state index contributed by atoms with van der Waals surface area (Å²) in [5.74, 6) is 13.1. The first-order chi connectivity index (χ1) is 12.3. The first-order valence-corrected chi connectivity index (χ1v) is 10.3. The van der Waals surface area contributed by atoms with Crippen LogP contribution in [0.2, 0.25) is 0 Å². The van der Waals surface area contributed by atoms with Crippen molar-refractivity contribution in [1.29, 1.82) is 0 Å². The third-order valence-electron chi connectivity index (χ3n) is 9.09. The second-order valence-electron chi connectivity index (χ2n) is 9.69. The fraction of sp³-hybridized carbons (Fsp3) is 0.810. The second-order valence-corrected chi connectivity index (χ2v) is 9.69. The summed E-state index contributed by atoms with van der Waals surface area (Å²) >= 11 is 0. The van der Waals surface area contributed by atoms with E-state index in [1.165, 1.54) is 12.8 Å². The molecule has 5 nitrogen and oxygen atoms in total. The van der Waals surface area contributed by atoms with Gasteiger partial charge in [-0.05, 0) is 87.5 Å². The first kappa shape index (κ1) is 18.0. The van der Waals surface area contributed by atoms with E-state index >= 15 is 0 Å². The number of aliphatic hydroxyl groups is 1.